The van der Waals surface area contributed by atoms with Crippen LogP contribution < -0.4 is 0 Å². The Morgan fingerprint density at radius 2 is 1.14 bits per heavy atom. The van der Waals surface area contributed by atoms with E-state index in [1.54, 1.807) is 6.92 Å². The number of aliphatic hydroxyl groups excluding tert-OH is 3. The van der Waals surface area contributed by atoms with Crippen LogP contribution in [-0.4, -0.2) is 94.0 Å². The number of carboxylic acid groups (broad SMARTS) is 3. The molecule has 0 saturated carbocycles. The number of carbonyl (C=O) groups is 5. The summed E-state index contributed by atoms with van der Waals surface area (Å²) in [6.45, 7) is 23.4. The second-order valence-electron chi connectivity index (χ2n) is 8.48. The normalized spacial score (nSPS) is 9.45. The zero-order chi connectivity index (χ0) is 36.1. The molecule has 0 aliphatic carbocycles. The van der Waals surface area contributed by atoms with Gasteiger partial charge in [-0.05, 0) is 25.7 Å². The SMILES string of the molecule is C=C(C)C(=O)OC.C=CC(=O)O.C=CC(=O)O.C=CC(=O)O.C=CC(=O)OCC(CC)CCCC.CCC(CO)(CO)CO. The molecule has 13 heteroatoms. The van der Waals surface area contributed by atoms with Crippen LogP contribution in [0.4, 0.5) is 0 Å². The van der Waals surface area contributed by atoms with Crippen LogP contribution in [0.25, 0.3) is 0 Å². The summed E-state index contributed by atoms with van der Waals surface area (Å²) in [5.74, 6) is -3.08. The third-order valence-electron chi connectivity index (χ3n) is 4.99. The number of carboxylic acids is 3. The van der Waals surface area contributed by atoms with Crippen LogP contribution >= 0.6 is 0 Å². The molecule has 0 saturated heterocycles. The van der Waals surface area contributed by atoms with Gasteiger partial charge in [-0.15, -0.1) is 0 Å². The lowest BCUT2D eigenvalue weighted by Gasteiger charge is -2.24. The molecule has 0 rings (SSSR count). The molecule has 0 aromatic heterocycles. The molecule has 0 aromatic rings. The van der Waals surface area contributed by atoms with E-state index < -0.39 is 23.3 Å². The molecule has 0 spiro atoms. The zero-order valence-corrected chi connectivity index (χ0v) is 26.8. The summed E-state index contributed by atoms with van der Waals surface area (Å²) in [5.41, 5.74) is -0.234. The summed E-state index contributed by atoms with van der Waals surface area (Å²) in [7, 11) is 1.33. The Bertz CT molecular complexity index is 768. The van der Waals surface area contributed by atoms with E-state index in [4.69, 9.17) is 35.4 Å². The number of hydrogen-bond donors (Lipinski definition) is 6. The largest absolute Gasteiger partial charge is 0.478 e. The first-order valence-electron chi connectivity index (χ1n) is 13.4. The van der Waals surface area contributed by atoms with Gasteiger partial charge in [0.25, 0.3) is 0 Å². The van der Waals surface area contributed by atoms with Gasteiger partial charge in [-0.3, -0.25) is 0 Å². The first-order valence-corrected chi connectivity index (χ1v) is 13.4. The predicted octanol–water partition coefficient (Wildman–Crippen LogP) is 3.80. The van der Waals surface area contributed by atoms with E-state index in [0.29, 0.717) is 24.5 Å². The number of aliphatic carboxylic acids is 3. The highest BCUT2D eigenvalue weighted by Crippen LogP contribution is 2.18. The van der Waals surface area contributed by atoms with Gasteiger partial charge in [0.2, 0.25) is 0 Å². The molecule has 0 bridgehead atoms. The lowest BCUT2D eigenvalue weighted by molar-refractivity contribution is -0.139. The maximum atomic E-state index is 10.8. The number of hydrogen-bond acceptors (Lipinski definition) is 10. The van der Waals surface area contributed by atoms with Gasteiger partial charge in [0.1, 0.15) is 0 Å². The van der Waals surface area contributed by atoms with Gasteiger partial charge >= 0.3 is 29.8 Å². The fourth-order valence-electron chi connectivity index (χ4n) is 1.82. The Morgan fingerprint density at radius 3 is 1.27 bits per heavy atom. The number of aliphatic hydroxyl groups is 3. The first-order chi connectivity index (χ1) is 20.5. The molecule has 0 aliphatic rings. The fraction of sp³-hybridized carbons (Fsp3) is 0.516. The molecule has 256 valence electrons. The predicted molar refractivity (Wildman–Crippen MR) is 169 cm³/mol. The molecule has 6 N–H and O–H groups in total. The standard InChI is InChI=1S/C11H20O2.C6H14O3.C5H8O2.3C3H4O2/c1-4-7-8-10(5-2)9-13-11(12)6-3;1-2-6(3-7,4-8)5-9;1-4(2)5(6)7-3;3*1-2-3(4)5/h6,10H,3-5,7-9H2,1-2H3;7-9H,2-5H2,1H3;1H2,2-3H3;3*2H,1H2,(H,4,5). The van der Waals surface area contributed by atoms with E-state index in [2.05, 4.69) is 51.5 Å². The molecule has 0 radical (unpaired) electrons. The van der Waals surface area contributed by atoms with Crippen LogP contribution in [0.5, 0.6) is 0 Å². The highest BCUT2D eigenvalue weighted by Gasteiger charge is 2.24. The van der Waals surface area contributed by atoms with Crippen LogP contribution in [0.2, 0.25) is 0 Å². The lowest BCUT2D eigenvalue weighted by atomic mass is 9.88. The Kier molecular flexibility index (Phi) is 46.5. The van der Waals surface area contributed by atoms with Gasteiger partial charge in [0.15, 0.2) is 0 Å². The number of methoxy groups -OCH3 is 1. The van der Waals surface area contributed by atoms with E-state index in [9.17, 15) is 24.0 Å². The molecule has 1 unspecified atom stereocenters. The minimum atomic E-state index is -0.981. The van der Waals surface area contributed by atoms with Crippen LogP contribution in [0.3, 0.4) is 0 Å². The average molecular weight is 635 g/mol. The number of rotatable bonds is 15. The number of ether oxygens (including phenoxy) is 2. The third-order valence-corrected chi connectivity index (χ3v) is 4.99. The molecule has 0 fully saturated rings. The summed E-state index contributed by atoms with van der Waals surface area (Å²) in [5, 5.41) is 48.8. The second kappa shape index (κ2) is 38.9. The van der Waals surface area contributed by atoms with Gasteiger partial charge in [-0.25, -0.2) is 24.0 Å². The zero-order valence-electron chi connectivity index (χ0n) is 26.8. The minimum absolute atomic E-state index is 0.156. The van der Waals surface area contributed by atoms with E-state index >= 15 is 0 Å². The highest BCUT2D eigenvalue weighted by atomic mass is 16.5. The van der Waals surface area contributed by atoms with Crippen molar-refractivity contribution in [2.45, 2.75) is 59.8 Å². The van der Waals surface area contributed by atoms with Crippen LogP contribution in [-0.2, 0) is 33.4 Å². The summed E-state index contributed by atoms with van der Waals surface area (Å²) in [4.78, 5) is 48.7. The second-order valence-corrected chi connectivity index (χ2v) is 8.48. The molecule has 44 heavy (non-hydrogen) atoms. The Balaban J connectivity index is -0.000000103. The number of esters is 2. The van der Waals surface area contributed by atoms with Gasteiger partial charge in [0, 0.05) is 35.3 Å². The highest BCUT2D eigenvalue weighted by molar-refractivity contribution is 5.86. The van der Waals surface area contributed by atoms with Crippen molar-refractivity contribution in [2.75, 3.05) is 33.5 Å². The summed E-state index contributed by atoms with van der Waals surface area (Å²) in [6, 6.07) is 0. The summed E-state index contributed by atoms with van der Waals surface area (Å²) in [6.07, 6.45) is 8.95. The quantitative estimate of drug-likeness (QED) is 0.111. The fourth-order valence-corrected chi connectivity index (χ4v) is 1.82. The Hall–Kier alpha value is -4.07. The van der Waals surface area contributed by atoms with Crippen molar-refractivity contribution < 1.29 is 64.1 Å². The molecule has 0 aliphatic heterocycles. The van der Waals surface area contributed by atoms with E-state index in [1.807, 2.05) is 6.92 Å². The van der Waals surface area contributed by atoms with Gasteiger partial charge < -0.3 is 40.1 Å². The average Bonchev–Trinajstić information content (AvgIpc) is 3.03. The molecule has 1 atom stereocenters. The Labute approximate surface area is 261 Å². The van der Waals surface area contributed by atoms with Crippen molar-refractivity contribution in [1.82, 2.24) is 0 Å². The smallest absolute Gasteiger partial charge is 0.332 e. The maximum absolute atomic E-state index is 10.8. The van der Waals surface area contributed by atoms with Gasteiger partial charge in [-0.1, -0.05) is 72.9 Å². The third kappa shape index (κ3) is 47.7. The van der Waals surface area contributed by atoms with Gasteiger partial charge in [0.05, 0.1) is 33.5 Å². The van der Waals surface area contributed by atoms with E-state index in [1.165, 1.54) is 26.0 Å². The molecular weight excluding hydrogens is 580 g/mol. The van der Waals surface area contributed by atoms with Crippen molar-refractivity contribution in [2.24, 2.45) is 11.3 Å². The molecular formula is C31H54O13. The van der Waals surface area contributed by atoms with Crippen LogP contribution in [0.15, 0.2) is 62.8 Å². The maximum Gasteiger partial charge on any atom is 0.332 e. The lowest BCUT2D eigenvalue weighted by Crippen LogP contribution is -2.32. The topological polar surface area (TPSA) is 225 Å². The Morgan fingerprint density at radius 1 is 0.773 bits per heavy atom. The van der Waals surface area contributed by atoms with Crippen molar-refractivity contribution in [3.63, 3.8) is 0 Å². The molecule has 0 heterocycles. The van der Waals surface area contributed by atoms with E-state index in [0.717, 1.165) is 31.1 Å². The number of unbranched alkanes of at least 4 members (excludes halogenated alkanes) is 1. The molecule has 13 nitrogen and oxygen atoms in total. The monoisotopic (exact) mass is 634 g/mol. The van der Waals surface area contributed by atoms with Crippen molar-refractivity contribution >= 4 is 29.8 Å². The van der Waals surface area contributed by atoms with Crippen molar-refractivity contribution in [3.05, 3.63) is 62.8 Å². The molecule has 0 aromatic carbocycles. The number of carbonyl (C=O) groups excluding carboxylic acids is 2. The molecule has 0 amide bonds. The first kappa shape index (κ1) is 52.6. The summed E-state index contributed by atoms with van der Waals surface area (Å²) >= 11 is 0. The van der Waals surface area contributed by atoms with E-state index in [-0.39, 0.29) is 31.8 Å². The van der Waals surface area contributed by atoms with Gasteiger partial charge in [-0.2, -0.15) is 0 Å². The van der Waals surface area contributed by atoms with Crippen molar-refractivity contribution in [3.8, 4) is 0 Å². The van der Waals surface area contributed by atoms with Crippen molar-refractivity contribution in [1.29, 1.82) is 0 Å². The van der Waals surface area contributed by atoms with Crippen LogP contribution in [0, 0.1) is 11.3 Å². The summed E-state index contributed by atoms with van der Waals surface area (Å²) < 4.78 is 9.26. The minimum Gasteiger partial charge on any atom is -0.478 e. The van der Waals surface area contributed by atoms with Crippen LogP contribution in [0.1, 0.15) is 59.8 Å².